The minimum Gasteiger partial charge on any atom is -0.479 e. The van der Waals surface area contributed by atoms with Crippen molar-refractivity contribution in [2.45, 2.75) is 6.10 Å². The fourth-order valence-electron chi connectivity index (χ4n) is 0.972. The highest BCUT2D eigenvalue weighted by Crippen LogP contribution is 2.04. The van der Waals surface area contributed by atoms with E-state index >= 15 is 0 Å². The van der Waals surface area contributed by atoms with Gasteiger partial charge in [0.15, 0.2) is 6.10 Å². The quantitative estimate of drug-likeness (QED) is 0.558. The van der Waals surface area contributed by atoms with Gasteiger partial charge in [0.2, 0.25) is 0 Å². The molecule has 0 saturated carbocycles. The Labute approximate surface area is 68.3 Å². The van der Waals surface area contributed by atoms with E-state index in [0.717, 1.165) is 4.90 Å². The van der Waals surface area contributed by atoms with E-state index in [0.29, 0.717) is 0 Å². The average molecular weight is 175 g/mol. The zero-order valence-corrected chi connectivity index (χ0v) is 6.27. The van der Waals surface area contributed by atoms with Gasteiger partial charge in [0, 0.05) is 6.54 Å². The van der Waals surface area contributed by atoms with E-state index in [1.807, 2.05) is 0 Å². The van der Waals surface area contributed by atoms with Crippen LogP contribution in [-0.4, -0.2) is 53.0 Å². The SMILES string of the molecule is O=C(O)[C@@H]1CN(C(=O)O)CCO1. The number of morpholine rings is 1. The monoisotopic (exact) mass is 175 g/mol. The number of carbonyl (C=O) groups is 2. The van der Waals surface area contributed by atoms with Crippen LogP contribution in [0.2, 0.25) is 0 Å². The van der Waals surface area contributed by atoms with Crippen LogP contribution in [0.3, 0.4) is 0 Å². The maximum absolute atomic E-state index is 10.4. The number of carboxylic acids is 1. The Morgan fingerprint density at radius 1 is 1.42 bits per heavy atom. The van der Waals surface area contributed by atoms with Crippen LogP contribution in [0.25, 0.3) is 0 Å². The predicted molar refractivity (Wildman–Crippen MR) is 37.0 cm³/mol. The third-order valence-electron chi connectivity index (χ3n) is 1.61. The summed E-state index contributed by atoms with van der Waals surface area (Å²) in [6.07, 6.45) is -2.13. The van der Waals surface area contributed by atoms with Crippen molar-refractivity contribution in [1.82, 2.24) is 4.90 Å². The maximum atomic E-state index is 10.4. The normalized spacial score (nSPS) is 23.7. The summed E-state index contributed by atoms with van der Waals surface area (Å²) in [5, 5.41) is 17.0. The first-order valence-electron chi connectivity index (χ1n) is 3.43. The Balaban J connectivity index is 2.51. The lowest BCUT2D eigenvalue weighted by molar-refractivity contribution is -0.154. The van der Waals surface area contributed by atoms with Crippen LogP contribution in [-0.2, 0) is 9.53 Å². The van der Waals surface area contributed by atoms with Crippen LogP contribution < -0.4 is 0 Å². The van der Waals surface area contributed by atoms with Crippen LogP contribution in [0, 0.1) is 0 Å². The number of aliphatic carboxylic acids is 1. The first kappa shape index (κ1) is 8.79. The summed E-state index contributed by atoms with van der Waals surface area (Å²) in [5.41, 5.74) is 0. The van der Waals surface area contributed by atoms with Crippen LogP contribution in [0.5, 0.6) is 0 Å². The highest BCUT2D eigenvalue weighted by atomic mass is 16.5. The summed E-state index contributed by atoms with van der Waals surface area (Å²) in [6, 6.07) is 0. The van der Waals surface area contributed by atoms with E-state index < -0.39 is 18.2 Å². The molecule has 0 bridgehead atoms. The molecule has 1 atom stereocenters. The zero-order valence-electron chi connectivity index (χ0n) is 6.27. The largest absolute Gasteiger partial charge is 0.479 e. The summed E-state index contributed by atoms with van der Waals surface area (Å²) >= 11 is 0. The number of ether oxygens (including phenoxy) is 1. The van der Waals surface area contributed by atoms with E-state index in [-0.39, 0.29) is 19.7 Å². The first-order chi connectivity index (χ1) is 5.61. The van der Waals surface area contributed by atoms with Gasteiger partial charge in [-0.3, -0.25) is 0 Å². The molecule has 1 aliphatic rings. The van der Waals surface area contributed by atoms with Gasteiger partial charge in [-0.05, 0) is 0 Å². The second-order valence-electron chi connectivity index (χ2n) is 2.43. The number of hydrogen-bond acceptors (Lipinski definition) is 3. The molecular formula is C6H9NO5. The number of amides is 1. The first-order valence-corrected chi connectivity index (χ1v) is 3.43. The molecule has 0 aliphatic carbocycles. The van der Waals surface area contributed by atoms with Crippen LogP contribution in [0.4, 0.5) is 4.79 Å². The molecule has 68 valence electrons. The molecule has 12 heavy (non-hydrogen) atoms. The lowest BCUT2D eigenvalue weighted by Crippen LogP contribution is -2.48. The molecule has 0 unspecified atom stereocenters. The Morgan fingerprint density at radius 2 is 2.08 bits per heavy atom. The minimum absolute atomic E-state index is 0.0926. The van der Waals surface area contributed by atoms with Crippen molar-refractivity contribution in [2.75, 3.05) is 19.7 Å². The van der Waals surface area contributed by atoms with Crippen molar-refractivity contribution in [3.05, 3.63) is 0 Å². The molecule has 1 fully saturated rings. The van der Waals surface area contributed by atoms with Crippen LogP contribution in [0.15, 0.2) is 0 Å². The second-order valence-corrected chi connectivity index (χ2v) is 2.43. The van der Waals surface area contributed by atoms with Gasteiger partial charge >= 0.3 is 12.1 Å². The third-order valence-corrected chi connectivity index (χ3v) is 1.61. The molecule has 1 saturated heterocycles. The maximum Gasteiger partial charge on any atom is 0.407 e. The molecule has 1 aliphatic heterocycles. The van der Waals surface area contributed by atoms with Gasteiger partial charge in [0.05, 0.1) is 13.2 Å². The molecule has 0 aromatic carbocycles. The molecule has 6 nitrogen and oxygen atoms in total. The van der Waals surface area contributed by atoms with E-state index in [1.165, 1.54) is 0 Å². The molecule has 0 spiro atoms. The molecule has 0 aromatic rings. The van der Waals surface area contributed by atoms with Gasteiger partial charge in [-0.25, -0.2) is 9.59 Å². The molecule has 1 rings (SSSR count). The van der Waals surface area contributed by atoms with Crippen LogP contribution in [0.1, 0.15) is 0 Å². The molecule has 1 amide bonds. The van der Waals surface area contributed by atoms with Gasteiger partial charge < -0.3 is 19.8 Å². The Bertz CT molecular complexity index is 184. The molecule has 2 N–H and O–H groups in total. The van der Waals surface area contributed by atoms with E-state index in [4.69, 9.17) is 14.9 Å². The second kappa shape index (κ2) is 3.40. The van der Waals surface area contributed by atoms with E-state index in [1.54, 1.807) is 0 Å². The summed E-state index contributed by atoms with van der Waals surface area (Å²) in [4.78, 5) is 21.8. The molecule has 0 radical (unpaired) electrons. The van der Waals surface area contributed by atoms with Crippen molar-refractivity contribution in [1.29, 1.82) is 0 Å². The van der Waals surface area contributed by atoms with Gasteiger partial charge in [0.1, 0.15) is 0 Å². The van der Waals surface area contributed by atoms with Gasteiger partial charge in [0.25, 0.3) is 0 Å². The summed E-state index contributed by atoms with van der Waals surface area (Å²) in [7, 11) is 0. The standard InChI is InChI=1S/C6H9NO5/c8-5(9)4-3-7(6(10)11)1-2-12-4/h4H,1-3H2,(H,8,9)(H,10,11)/t4-/m0/s1. The lowest BCUT2D eigenvalue weighted by Gasteiger charge is -2.28. The molecule has 0 aromatic heterocycles. The molecule has 6 heteroatoms. The zero-order chi connectivity index (χ0) is 9.14. The van der Waals surface area contributed by atoms with Gasteiger partial charge in [-0.2, -0.15) is 0 Å². The predicted octanol–water partition coefficient (Wildman–Crippen LogP) is -0.550. The van der Waals surface area contributed by atoms with Crippen molar-refractivity contribution >= 4 is 12.1 Å². The average Bonchev–Trinajstić information content (AvgIpc) is 2.04. The van der Waals surface area contributed by atoms with E-state index in [9.17, 15) is 9.59 Å². The van der Waals surface area contributed by atoms with Gasteiger partial charge in [-0.15, -0.1) is 0 Å². The summed E-state index contributed by atoms with van der Waals surface area (Å²) in [5.74, 6) is -1.12. The number of rotatable bonds is 1. The fraction of sp³-hybridized carbons (Fsp3) is 0.667. The highest BCUT2D eigenvalue weighted by molar-refractivity contribution is 5.74. The Morgan fingerprint density at radius 3 is 2.58 bits per heavy atom. The Kier molecular flexibility index (Phi) is 2.49. The van der Waals surface area contributed by atoms with Crippen LogP contribution >= 0.6 is 0 Å². The smallest absolute Gasteiger partial charge is 0.407 e. The van der Waals surface area contributed by atoms with E-state index in [2.05, 4.69) is 0 Å². The van der Waals surface area contributed by atoms with Crippen molar-refractivity contribution in [2.24, 2.45) is 0 Å². The number of carboxylic acid groups (broad SMARTS) is 2. The number of nitrogens with zero attached hydrogens (tertiary/aromatic N) is 1. The topological polar surface area (TPSA) is 87.1 Å². The molecule has 1 heterocycles. The minimum atomic E-state index is -1.12. The van der Waals surface area contributed by atoms with Crippen molar-refractivity contribution < 1.29 is 24.5 Å². The summed E-state index contributed by atoms with van der Waals surface area (Å²) in [6.45, 7) is 0.285. The van der Waals surface area contributed by atoms with Crippen molar-refractivity contribution in [3.8, 4) is 0 Å². The van der Waals surface area contributed by atoms with Crippen molar-refractivity contribution in [3.63, 3.8) is 0 Å². The third kappa shape index (κ3) is 1.85. The fourth-order valence-corrected chi connectivity index (χ4v) is 0.972. The lowest BCUT2D eigenvalue weighted by atomic mass is 10.3. The van der Waals surface area contributed by atoms with Gasteiger partial charge in [-0.1, -0.05) is 0 Å². The summed E-state index contributed by atoms with van der Waals surface area (Å²) < 4.78 is 4.82. The molecular weight excluding hydrogens is 166 g/mol. The Hall–Kier alpha value is -1.30. The highest BCUT2D eigenvalue weighted by Gasteiger charge is 2.28. The number of hydrogen-bond donors (Lipinski definition) is 2.